The standard InChI is InChI=1S/C22H38N4O2/c23-22(24)26(20-13-15-25-16-14-20)17-9-6-4-2-1-3-5-7-10-18-27-21-12-8-11-19-28-21/h13-16,21H,1-12,17-19H2,(H3,23,24). The molecule has 1 aliphatic heterocycles. The van der Waals surface area contributed by atoms with Crippen LogP contribution in [0.2, 0.25) is 0 Å². The largest absolute Gasteiger partial charge is 0.370 e. The fraction of sp³-hybridized carbons (Fsp3) is 0.727. The average Bonchev–Trinajstić information content (AvgIpc) is 2.72. The van der Waals surface area contributed by atoms with Gasteiger partial charge in [-0.25, -0.2) is 0 Å². The lowest BCUT2D eigenvalue weighted by molar-refractivity contribution is -0.162. The van der Waals surface area contributed by atoms with Crippen LogP contribution >= 0.6 is 0 Å². The molecule has 0 amide bonds. The Morgan fingerprint density at radius 3 is 2.29 bits per heavy atom. The van der Waals surface area contributed by atoms with Crippen LogP contribution < -0.4 is 10.6 Å². The van der Waals surface area contributed by atoms with Crippen molar-refractivity contribution in [1.82, 2.24) is 4.98 Å². The highest BCUT2D eigenvalue weighted by Crippen LogP contribution is 2.16. The Bertz CT molecular complexity index is 521. The fourth-order valence-electron chi connectivity index (χ4n) is 3.58. The van der Waals surface area contributed by atoms with Crippen molar-refractivity contribution >= 4 is 11.6 Å². The van der Waals surface area contributed by atoms with E-state index in [1.165, 1.54) is 57.8 Å². The molecule has 28 heavy (non-hydrogen) atoms. The van der Waals surface area contributed by atoms with Crippen molar-refractivity contribution in [1.29, 1.82) is 5.41 Å². The minimum atomic E-state index is 0.0613. The number of anilines is 1. The van der Waals surface area contributed by atoms with E-state index in [1.54, 1.807) is 12.4 Å². The molecule has 0 radical (unpaired) electrons. The predicted molar refractivity (Wildman–Crippen MR) is 115 cm³/mol. The first kappa shape index (κ1) is 22.6. The summed E-state index contributed by atoms with van der Waals surface area (Å²) in [6.07, 6.45) is 18.1. The molecule has 1 unspecified atom stereocenters. The summed E-state index contributed by atoms with van der Waals surface area (Å²) in [5.74, 6) is 0.102. The molecule has 1 atom stereocenters. The number of nitrogens with one attached hydrogen (secondary N) is 1. The molecule has 0 bridgehead atoms. The van der Waals surface area contributed by atoms with E-state index in [9.17, 15) is 0 Å². The van der Waals surface area contributed by atoms with Gasteiger partial charge in [0.05, 0.1) is 0 Å². The lowest BCUT2D eigenvalue weighted by Gasteiger charge is -2.22. The summed E-state index contributed by atoms with van der Waals surface area (Å²) in [5, 5.41) is 7.76. The van der Waals surface area contributed by atoms with Gasteiger partial charge in [-0.3, -0.25) is 10.4 Å². The maximum atomic E-state index is 7.76. The molecule has 3 N–H and O–H groups in total. The number of pyridine rings is 1. The quantitative estimate of drug-likeness (QED) is 0.270. The Morgan fingerprint density at radius 2 is 1.68 bits per heavy atom. The van der Waals surface area contributed by atoms with Gasteiger partial charge < -0.3 is 20.1 Å². The molecule has 1 aromatic rings. The van der Waals surface area contributed by atoms with Gasteiger partial charge in [0.1, 0.15) is 0 Å². The Kier molecular flexibility index (Phi) is 11.6. The van der Waals surface area contributed by atoms with Crippen molar-refractivity contribution in [3.8, 4) is 0 Å². The van der Waals surface area contributed by atoms with Crippen molar-refractivity contribution in [2.45, 2.75) is 83.3 Å². The number of rotatable bonds is 14. The summed E-state index contributed by atoms with van der Waals surface area (Å²) >= 11 is 0. The van der Waals surface area contributed by atoms with E-state index in [2.05, 4.69) is 4.98 Å². The molecule has 158 valence electrons. The van der Waals surface area contributed by atoms with E-state index in [0.717, 1.165) is 44.7 Å². The number of unbranched alkanes of at least 4 members (excludes halogenated alkanes) is 8. The van der Waals surface area contributed by atoms with Gasteiger partial charge in [-0.15, -0.1) is 0 Å². The molecule has 2 heterocycles. The molecular formula is C22H38N4O2. The number of hydrogen-bond acceptors (Lipinski definition) is 4. The molecule has 1 aliphatic rings. The van der Waals surface area contributed by atoms with E-state index in [0.29, 0.717) is 0 Å². The summed E-state index contributed by atoms with van der Waals surface area (Å²) < 4.78 is 11.3. The van der Waals surface area contributed by atoms with Crippen molar-refractivity contribution in [3.05, 3.63) is 24.5 Å². The SMILES string of the molecule is N=C(N)N(CCCCCCCCCCCOC1CCCCO1)c1ccncc1. The van der Waals surface area contributed by atoms with Crippen molar-refractivity contribution in [2.75, 3.05) is 24.7 Å². The van der Waals surface area contributed by atoms with Gasteiger partial charge >= 0.3 is 0 Å². The van der Waals surface area contributed by atoms with Crippen molar-refractivity contribution < 1.29 is 9.47 Å². The van der Waals surface area contributed by atoms with Crippen LogP contribution in [-0.2, 0) is 9.47 Å². The lowest BCUT2D eigenvalue weighted by atomic mass is 10.1. The first-order valence-corrected chi connectivity index (χ1v) is 11.0. The summed E-state index contributed by atoms with van der Waals surface area (Å²) in [6.45, 7) is 2.50. The van der Waals surface area contributed by atoms with E-state index >= 15 is 0 Å². The molecule has 1 fully saturated rings. The van der Waals surface area contributed by atoms with Crippen molar-refractivity contribution in [2.24, 2.45) is 5.73 Å². The molecule has 0 aromatic carbocycles. The van der Waals surface area contributed by atoms with Crippen LogP contribution in [0.25, 0.3) is 0 Å². The zero-order chi connectivity index (χ0) is 19.9. The predicted octanol–water partition coefficient (Wildman–Crippen LogP) is 4.84. The minimum absolute atomic E-state index is 0.0613. The first-order chi connectivity index (χ1) is 13.8. The molecule has 1 aromatic heterocycles. The zero-order valence-electron chi connectivity index (χ0n) is 17.3. The summed E-state index contributed by atoms with van der Waals surface area (Å²) in [4.78, 5) is 5.87. The van der Waals surface area contributed by atoms with Gasteiger partial charge in [-0.2, -0.15) is 0 Å². The van der Waals surface area contributed by atoms with Crippen LogP contribution in [0, 0.1) is 5.41 Å². The highest BCUT2D eigenvalue weighted by atomic mass is 16.7. The van der Waals surface area contributed by atoms with Gasteiger partial charge in [0.15, 0.2) is 12.2 Å². The second-order valence-corrected chi connectivity index (χ2v) is 7.59. The van der Waals surface area contributed by atoms with E-state index in [1.807, 2.05) is 17.0 Å². The normalized spacial score (nSPS) is 16.8. The summed E-state index contributed by atoms with van der Waals surface area (Å²) in [5.41, 5.74) is 6.66. The molecule has 1 saturated heterocycles. The molecule has 0 spiro atoms. The van der Waals surface area contributed by atoms with Crippen LogP contribution in [-0.4, -0.2) is 37.0 Å². The van der Waals surface area contributed by atoms with Crippen LogP contribution in [0.3, 0.4) is 0 Å². The third-order valence-corrected chi connectivity index (χ3v) is 5.23. The maximum Gasteiger partial charge on any atom is 0.192 e. The zero-order valence-corrected chi connectivity index (χ0v) is 17.3. The Hall–Kier alpha value is -1.66. The minimum Gasteiger partial charge on any atom is -0.370 e. The number of nitrogens with zero attached hydrogens (tertiary/aromatic N) is 2. The first-order valence-electron chi connectivity index (χ1n) is 11.0. The van der Waals surface area contributed by atoms with Crippen LogP contribution in [0.15, 0.2) is 24.5 Å². The lowest BCUT2D eigenvalue weighted by Crippen LogP contribution is -2.37. The Balaban J connectivity index is 1.38. The second kappa shape index (κ2) is 14.4. The van der Waals surface area contributed by atoms with E-state index in [4.69, 9.17) is 20.6 Å². The fourth-order valence-corrected chi connectivity index (χ4v) is 3.58. The molecule has 0 saturated carbocycles. The average molecular weight is 391 g/mol. The Morgan fingerprint density at radius 1 is 1.04 bits per heavy atom. The van der Waals surface area contributed by atoms with Crippen molar-refractivity contribution in [3.63, 3.8) is 0 Å². The highest BCUT2D eigenvalue weighted by molar-refractivity contribution is 5.92. The molecule has 6 nitrogen and oxygen atoms in total. The molecule has 6 heteroatoms. The Labute approximate surface area is 170 Å². The van der Waals surface area contributed by atoms with Gasteiger partial charge in [-0.05, 0) is 44.2 Å². The maximum absolute atomic E-state index is 7.76. The highest BCUT2D eigenvalue weighted by Gasteiger charge is 2.13. The monoisotopic (exact) mass is 390 g/mol. The van der Waals surface area contributed by atoms with Crippen LogP contribution in [0.4, 0.5) is 5.69 Å². The van der Waals surface area contributed by atoms with E-state index in [-0.39, 0.29) is 12.2 Å². The molecular weight excluding hydrogens is 352 g/mol. The van der Waals surface area contributed by atoms with Gasteiger partial charge in [-0.1, -0.05) is 44.9 Å². The van der Waals surface area contributed by atoms with Crippen LogP contribution in [0.1, 0.15) is 77.0 Å². The third kappa shape index (κ3) is 9.51. The molecule has 0 aliphatic carbocycles. The van der Waals surface area contributed by atoms with Crippen LogP contribution in [0.5, 0.6) is 0 Å². The smallest absolute Gasteiger partial charge is 0.192 e. The molecule has 2 rings (SSSR count). The number of ether oxygens (including phenoxy) is 2. The van der Waals surface area contributed by atoms with E-state index < -0.39 is 0 Å². The number of aromatic nitrogens is 1. The third-order valence-electron chi connectivity index (χ3n) is 5.23. The number of hydrogen-bond donors (Lipinski definition) is 2. The van der Waals surface area contributed by atoms with Gasteiger partial charge in [0.25, 0.3) is 0 Å². The summed E-state index contributed by atoms with van der Waals surface area (Å²) in [7, 11) is 0. The van der Waals surface area contributed by atoms with Gasteiger partial charge in [0.2, 0.25) is 0 Å². The van der Waals surface area contributed by atoms with Gasteiger partial charge in [0, 0.05) is 37.8 Å². The topological polar surface area (TPSA) is 84.5 Å². The summed E-state index contributed by atoms with van der Waals surface area (Å²) in [6, 6.07) is 3.79. The second-order valence-electron chi connectivity index (χ2n) is 7.59. The number of guanidine groups is 1. The number of nitrogens with two attached hydrogens (primary N) is 1.